The summed E-state index contributed by atoms with van der Waals surface area (Å²) >= 11 is 1.32. The molecule has 1 amide bonds. The van der Waals surface area contributed by atoms with Gasteiger partial charge in [-0.2, -0.15) is 4.31 Å². The molecule has 0 spiro atoms. The van der Waals surface area contributed by atoms with E-state index in [1.165, 1.54) is 16.1 Å². The molecule has 0 unspecified atom stereocenters. The number of benzene rings is 1. The molecule has 11 heteroatoms. The van der Waals surface area contributed by atoms with Gasteiger partial charge in [-0.3, -0.25) is 4.79 Å². The normalized spacial score (nSPS) is 16.3. The van der Waals surface area contributed by atoms with Gasteiger partial charge in [0.05, 0.1) is 47.2 Å². The van der Waals surface area contributed by atoms with Gasteiger partial charge in [-0.1, -0.05) is 11.8 Å². The quantitative estimate of drug-likeness (QED) is 0.496. The number of hydrogen-bond acceptors (Lipinski definition) is 7. The zero-order valence-corrected chi connectivity index (χ0v) is 19.6. The molecule has 0 saturated carbocycles. The standard InChI is InChI=1S/C21H26N4O5S2/c1-3-25-18-7-6-16(32(27,28)24-8-11-29-12-9-24)13-17(18)23-21(25)31-14-20(26)22-15(2)19-5-4-10-30-19/h4-7,10,13,15H,3,8-9,11-12,14H2,1-2H3,(H,22,26)/t15-/m1/s1. The number of nitrogens with zero attached hydrogens (tertiary/aromatic N) is 3. The molecule has 1 aliphatic heterocycles. The zero-order chi connectivity index (χ0) is 22.7. The summed E-state index contributed by atoms with van der Waals surface area (Å²) in [7, 11) is -3.60. The average Bonchev–Trinajstić information content (AvgIpc) is 3.45. The lowest BCUT2D eigenvalue weighted by Crippen LogP contribution is -2.40. The fraction of sp³-hybridized carbons (Fsp3) is 0.429. The Balaban J connectivity index is 1.50. The van der Waals surface area contributed by atoms with Crippen LogP contribution in [0.15, 0.2) is 51.1 Å². The van der Waals surface area contributed by atoms with Crippen molar-refractivity contribution in [1.82, 2.24) is 19.2 Å². The Kier molecular flexibility index (Phi) is 6.89. The van der Waals surface area contributed by atoms with Gasteiger partial charge < -0.3 is 19.0 Å². The summed E-state index contributed by atoms with van der Waals surface area (Å²) in [6.07, 6.45) is 1.57. The van der Waals surface area contributed by atoms with Crippen molar-refractivity contribution < 1.29 is 22.4 Å². The predicted molar refractivity (Wildman–Crippen MR) is 121 cm³/mol. The van der Waals surface area contributed by atoms with Crippen molar-refractivity contribution in [3.05, 3.63) is 42.4 Å². The third-order valence-electron chi connectivity index (χ3n) is 5.29. The number of carbonyl (C=O) groups is 1. The monoisotopic (exact) mass is 478 g/mol. The topological polar surface area (TPSA) is 107 Å². The number of imidazole rings is 1. The molecule has 1 N–H and O–H groups in total. The van der Waals surface area contributed by atoms with E-state index in [0.717, 1.165) is 5.52 Å². The highest BCUT2D eigenvalue weighted by molar-refractivity contribution is 7.99. The lowest BCUT2D eigenvalue weighted by atomic mass is 10.2. The lowest BCUT2D eigenvalue weighted by molar-refractivity contribution is -0.119. The third kappa shape index (κ3) is 4.70. The van der Waals surface area contributed by atoms with Gasteiger partial charge in [0.15, 0.2) is 5.16 Å². The first kappa shape index (κ1) is 22.8. The summed E-state index contributed by atoms with van der Waals surface area (Å²) in [5.41, 5.74) is 1.42. The molecule has 9 nitrogen and oxygen atoms in total. The summed E-state index contributed by atoms with van der Waals surface area (Å²) in [4.78, 5) is 17.2. The van der Waals surface area contributed by atoms with Gasteiger partial charge in [0.2, 0.25) is 15.9 Å². The van der Waals surface area contributed by atoms with Crippen LogP contribution in [0.1, 0.15) is 25.6 Å². The Labute approximate surface area is 191 Å². The Morgan fingerprint density at radius 2 is 2.06 bits per heavy atom. The first-order chi connectivity index (χ1) is 15.4. The summed E-state index contributed by atoms with van der Waals surface area (Å²) in [5.74, 6) is 0.746. The molecule has 0 radical (unpaired) electrons. The minimum Gasteiger partial charge on any atom is -0.467 e. The van der Waals surface area contributed by atoms with Gasteiger partial charge >= 0.3 is 0 Å². The first-order valence-electron chi connectivity index (χ1n) is 10.4. The van der Waals surface area contributed by atoms with Crippen LogP contribution in [-0.4, -0.2) is 60.2 Å². The Hall–Kier alpha value is -2.34. The van der Waals surface area contributed by atoms with Crippen LogP contribution in [0, 0.1) is 0 Å². The van der Waals surface area contributed by atoms with E-state index in [4.69, 9.17) is 9.15 Å². The number of nitrogens with one attached hydrogen (secondary N) is 1. The van der Waals surface area contributed by atoms with E-state index >= 15 is 0 Å². The van der Waals surface area contributed by atoms with Crippen LogP contribution in [0.2, 0.25) is 0 Å². The van der Waals surface area contributed by atoms with Gasteiger partial charge in [0.25, 0.3) is 0 Å². The number of aromatic nitrogens is 2. The number of rotatable bonds is 8. The molecule has 3 aromatic rings. The number of fused-ring (bicyclic) bond motifs is 1. The number of hydrogen-bond donors (Lipinski definition) is 1. The highest BCUT2D eigenvalue weighted by Gasteiger charge is 2.27. The van der Waals surface area contributed by atoms with E-state index in [2.05, 4.69) is 10.3 Å². The van der Waals surface area contributed by atoms with E-state index in [-0.39, 0.29) is 22.6 Å². The SMILES string of the molecule is CCn1c(SCC(=O)N[C@H](C)c2ccco2)nc2cc(S(=O)(=O)N3CCOCC3)ccc21. The Morgan fingerprint density at radius 1 is 1.28 bits per heavy atom. The predicted octanol–water partition coefficient (Wildman–Crippen LogP) is 2.64. The molecule has 0 bridgehead atoms. The molecule has 1 fully saturated rings. The van der Waals surface area contributed by atoms with Gasteiger partial charge in [-0.05, 0) is 44.2 Å². The fourth-order valence-corrected chi connectivity index (χ4v) is 5.94. The van der Waals surface area contributed by atoms with Crippen molar-refractivity contribution in [1.29, 1.82) is 0 Å². The van der Waals surface area contributed by atoms with E-state index in [1.54, 1.807) is 30.5 Å². The zero-order valence-electron chi connectivity index (χ0n) is 18.0. The Morgan fingerprint density at radius 3 is 2.75 bits per heavy atom. The molecule has 4 rings (SSSR count). The smallest absolute Gasteiger partial charge is 0.243 e. The van der Waals surface area contributed by atoms with E-state index in [9.17, 15) is 13.2 Å². The molecule has 3 heterocycles. The molecule has 1 saturated heterocycles. The van der Waals surface area contributed by atoms with Crippen molar-refractivity contribution in [2.45, 2.75) is 36.5 Å². The number of thioether (sulfide) groups is 1. The summed E-state index contributed by atoms with van der Waals surface area (Å²) in [6, 6.07) is 8.38. The summed E-state index contributed by atoms with van der Waals surface area (Å²) < 4.78 is 40.0. The number of amides is 1. The number of aryl methyl sites for hydroxylation is 1. The molecular weight excluding hydrogens is 452 g/mol. The molecule has 1 atom stereocenters. The minimum absolute atomic E-state index is 0.135. The van der Waals surface area contributed by atoms with Crippen molar-refractivity contribution in [2.24, 2.45) is 0 Å². The second-order valence-electron chi connectivity index (χ2n) is 7.40. The molecule has 0 aliphatic carbocycles. The van der Waals surface area contributed by atoms with Gasteiger partial charge in [-0.25, -0.2) is 13.4 Å². The summed E-state index contributed by atoms with van der Waals surface area (Å²) in [5, 5.41) is 3.57. The maximum absolute atomic E-state index is 13.0. The summed E-state index contributed by atoms with van der Waals surface area (Å²) in [6.45, 7) is 5.98. The minimum atomic E-state index is -3.60. The second kappa shape index (κ2) is 9.65. The van der Waals surface area contributed by atoms with E-state index < -0.39 is 10.0 Å². The molecule has 1 aliphatic rings. The number of furan rings is 1. The number of morpholine rings is 1. The van der Waals surface area contributed by atoms with Crippen LogP contribution in [0.25, 0.3) is 11.0 Å². The fourth-order valence-electron chi connectivity index (χ4n) is 3.62. The van der Waals surface area contributed by atoms with Gasteiger partial charge in [0, 0.05) is 19.6 Å². The van der Waals surface area contributed by atoms with Crippen LogP contribution < -0.4 is 5.32 Å². The van der Waals surface area contributed by atoms with Gasteiger partial charge in [-0.15, -0.1) is 0 Å². The van der Waals surface area contributed by atoms with Crippen LogP contribution in [0.4, 0.5) is 0 Å². The van der Waals surface area contributed by atoms with Crippen molar-refractivity contribution in [2.75, 3.05) is 32.1 Å². The molecular formula is C21H26N4O5S2. The van der Waals surface area contributed by atoms with Crippen LogP contribution >= 0.6 is 11.8 Å². The highest BCUT2D eigenvalue weighted by atomic mass is 32.2. The van der Waals surface area contributed by atoms with Crippen molar-refractivity contribution >= 4 is 38.7 Å². The maximum Gasteiger partial charge on any atom is 0.243 e. The number of carbonyl (C=O) groups excluding carboxylic acids is 1. The molecule has 1 aromatic carbocycles. The van der Waals surface area contributed by atoms with E-state index in [1.807, 2.05) is 24.5 Å². The van der Waals surface area contributed by atoms with E-state index in [0.29, 0.717) is 49.3 Å². The highest BCUT2D eigenvalue weighted by Crippen LogP contribution is 2.27. The van der Waals surface area contributed by atoms with Crippen LogP contribution in [-0.2, 0) is 26.1 Å². The molecule has 172 valence electrons. The largest absolute Gasteiger partial charge is 0.467 e. The number of ether oxygens (including phenoxy) is 1. The van der Waals surface area contributed by atoms with Gasteiger partial charge in [0.1, 0.15) is 5.76 Å². The second-order valence-corrected chi connectivity index (χ2v) is 10.3. The van der Waals surface area contributed by atoms with Crippen LogP contribution in [0.3, 0.4) is 0 Å². The average molecular weight is 479 g/mol. The maximum atomic E-state index is 13.0. The Bertz CT molecular complexity index is 1180. The number of sulfonamides is 1. The third-order valence-corrected chi connectivity index (χ3v) is 8.16. The molecule has 2 aromatic heterocycles. The van der Waals surface area contributed by atoms with Crippen LogP contribution in [0.5, 0.6) is 0 Å². The first-order valence-corrected chi connectivity index (χ1v) is 12.9. The van der Waals surface area contributed by atoms with Crippen molar-refractivity contribution in [3.63, 3.8) is 0 Å². The lowest BCUT2D eigenvalue weighted by Gasteiger charge is -2.26. The molecule has 32 heavy (non-hydrogen) atoms. The van der Waals surface area contributed by atoms with Crippen molar-refractivity contribution in [3.8, 4) is 0 Å².